The summed E-state index contributed by atoms with van der Waals surface area (Å²) >= 11 is 0. The van der Waals surface area contributed by atoms with Crippen molar-refractivity contribution in [2.45, 2.75) is 32.4 Å². The minimum Gasteiger partial charge on any atom is -0.325 e. The van der Waals surface area contributed by atoms with Crippen LogP contribution in [0.2, 0.25) is 0 Å². The van der Waals surface area contributed by atoms with E-state index >= 15 is 0 Å². The minimum absolute atomic E-state index is 0.0212. The van der Waals surface area contributed by atoms with Gasteiger partial charge in [0, 0.05) is 19.6 Å². The van der Waals surface area contributed by atoms with Crippen LogP contribution in [0, 0.1) is 0 Å². The van der Waals surface area contributed by atoms with Crippen LogP contribution >= 0.6 is 0 Å². The van der Waals surface area contributed by atoms with E-state index < -0.39 is 0 Å². The number of imidazole rings is 1. The van der Waals surface area contributed by atoms with Crippen LogP contribution in [0.4, 0.5) is 0 Å². The van der Waals surface area contributed by atoms with Gasteiger partial charge in [-0.25, -0.2) is 9.78 Å². The summed E-state index contributed by atoms with van der Waals surface area (Å²) in [5, 5.41) is 3.25. The molecule has 0 amide bonds. The zero-order valence-corrected chi connectivity index (χ0v) is 11.8. The second kappa shape index (κ2) is 4.90. The number of nitrogens with zero attached hydrogens (tertiary/aromatic N) is 4. The third-order valence-corrected chi connectivity index (χ3v) is 4.07. The first kappa shape index (κ1) is 13.1. The zero-order valence-electron chi connectivity index (χ0n) is 11.8. The molecule has 3 rings (SSSR count). The van der Waals surface area contributed by atoms with E-state index in [1.165, 1.54) is 9.13 Å². The monoisotopic (exact) mass is 277 g/mol. The summed E-state index contributed by atoms with van der Waals surface area (Å²) in [6.07, 6.45) is 3.24. The second-order valence-electron chi connectivity index (χ2n) is 5.20. The van der Waals surface area contributed by atoms with Gasteiger partial charge in [-0.15, -0.1) is 0 Å². The Bertz CT molecular complexity index is 748. The van der Waals surface area contributed by atoms with Crippen LogP contribution in [0.5, 0.6) is 0 Å². The molecule has 1 fully saturated rings. The van der Waals surface area contributed by atoms with Crippen molar-refractivity contribution in [1.82, 2.24) is 24.0 Å². The summed E-state index contributed by atoms with van der Waals surface area (Å²) in [5.41, 5.74) is 0.505. The van der Waals surface area contributed by atoms with E-state index in [2.05, 4.69) is 10.3 Å². The minimum atomic E-state index is -0.268. The lowest BCUT2D eigenvalue weighted by molar-refractivity contribution is 0.347. The van der Waals surface area contributed by atoms with Crippen LogP contribution in [0.15, 0.2) is 15.9 Å². The van der Waals surface area contributed by atoms with Gasteiger partial charge in [0.05, 0.1) is 6.33 Å². The Hall–Kier alpha value is -1.89. The van der Waals surface area contributed by atoms with Crippen LogP contribution < -0.4 is 16.6 Å². The van der Waals surface area contributed by atoms with Gasteiger partial charge in [-0.2, -0.15) is 0 Å². The molecule has 2 aromatic heterocycles. The van der Waals surface area contributed by atoms with Gasteiger partial charge in [-0.1, -0.05) is 0 Å². The molecule has 0 radical (unpaired) electrons. The quantitative estimate of drug-likeness (QED) is 0.828. The standard InChI is InChI=1S/C13H19N5O2/c1-3-17-8-15-11-10(17)12(19)18(13(20)16(11)2)9-4-6-14-7-5-9/h8-9,14H,3-7H2,1-2H3. The number of rotatable bonds is 2. The number of nitrogens with one attached hydrogen (secondary N) is 1. The maximum Gasteiger partial charge on any atom is 0.332 e. The van der Waals surface area contributed by atoms with Crippen LogP contribution in [0.25, 0.3) is 11.2 Å². The Morgan fingerprint density at radius 3 is 2.70 bits per heavy atom. The molecule has 0 saturated carbocycles. The third-order valence-electron chi connectivity index (χ3n) is 4.07. The third kappa shape index (κ3) is 1.81. The van der Waals surface area contributed by atoms with Crippen molar-refractivity contribution >= 4 is 11.2 Å². The van der Waals surface area contributed by atoms with Crippen molar-refractivity contribution in [2.75, 3.05) is 13.1 Å². The van der Waals surface area contributed by atoms with Crippen LogP contribution in [-0.2, 0) is 13.6 Å². The number of aryl methyl sites for hydroxylation is 2. The maximum absolute atomic E-state index is 12.7. The lowest BCUT2D eigenvalue weighted by atomic mass is 10.1. The van der Waals surface area contributed by atoms with Gasteiger partial charge in [-0.3, -0.25) is 13.9 Å². The predicted molar refractivity (Wildman–Crippen MR) is 76.0 cm³/mol. The van der Waals surface area contributed by atoms with Crippen molar-refractivity contribution < 1.29 is 0 Å². The first-order chi connectivity index (χ1) is 9.65. The van der Waals surface area contributed by atoms with Gasteiger partial charge in [-0.05, 0) is 32.9 Å². The van der Waals surface area contributed by atoms with E-state index in [0.29, 0.717) is 17.7 Å². The number of aromatic nitrogens is 4. The molecule has 0 bridgehead atoms. The molecule has 0 aliphatic carbocycles. The molecule has 1 N–H and O–H groups in total. The highest BCUT2D eigenvalue weighted by Crippen LogP contribution is 2.15. The maximum atomic E-state index is 12.7. The van der Waals surface area contributed by atoms with E-state index in [4.69, 9.17) is 0 Å². The summed E-state index contributed by atoms with van der Waals surface area (Å²) in [5.74, 6) is 0. The second-order valence-corrected chi connectivity index (χ2v) is 5.20. The molecule has 0 aromatic carbocycles. The number of fused-ring (bicyclic) bond motifs is 1. The lowest BCUT2D eigenvalue weighted by Crippen LogP contribution is -2.44. The molecule has 108 valence electrons. The molecule has 0 spiro atoms. The van der Waals surface area contributed by atoms with E-state index in [1.807, 2.05) is 6.92 Å². The van der Waals surface area contributed by atoms with Gasteiger partial charge in [0.25, 0.3) is 5.56 Å². The molecule has 7 heteroatoms. The fraction of sp³-hybridized carbons (Fsp3) is 0.615. The normalized spacial score (nSPS) is 16.9. The van der Waals surface area contributed by atoms with Crippen molar-refractivity contribution in [1.29, 1.82) is 0 Å². The largest absolute Gasteiger partial charge is 0.332 e. The van der Waals surface area contributed by atoms with Crippen molar-refractivity contribution in [3.8, 4) is 0 Å². The Labute approximate surface area is 115 Å². The number of hydrogen-bond acceptors (Lipinski definition) is 4. The van der Waals surface area contributed by atoms with Gasteiger partial charge < -0.3 is 9.88 Å². The van der Waals surface area contributed by atoms with Crippen molar-refractivity contribution in [3.05, 3.63) is 27.2 Å². The summed E-state index contributed by atoms with van der Waals surface area (Å²) < 4.78 is 4.69. The van der Waals surface area contributed by atoms with Gasteiger partial charge in [0.2, 0.25) is 0 Å². The molecule has 0 atom stereocenters. The predicted octanol–water partition coefficient (Wildman–Crippen LogP) is -0.159. The summed E-state index contributed by atoms with van der Waals surface area (Å²) in [6.45, 7) is 4.30. The highest BCUT2D eigenvalue weighted by molar-refractivity contribution is 5.69. The molecule has 0 unspecified atom stereocenters. The number of piperidine rings is 1. The Morgan fingerprint density at radius 2 is 2.05 bits per heavy atom. The fourth-order valence-corrected chi connectivity index (χ4v) is 2.92. The van der Waals surface area contributed by atoms with Crippen molar-refractivity contribution in [2.24, 2.45) is 7.05 Å². The van der Waals surface area contributed by atoms with Crippen LogP contribution in [0.3, 0.4) is 0 Å². The molecule has 20 heavy (non-hydrogen) atoms. The highest BCUT2D eigenvalue weighted by atomic mass is 16.2. The van der Waals surface area contributed by atoms with Gasteiger partial charge in [0.1, 0.15) is 0 Å². The highest BCUT2D eigenvalue weighted by Gasteiger charge is 2.23. The zero-order chi connectivity index (χ0) is 14.3. The van der Waals surface area contributed by atoms with Crippen LogP contribution in [-0.4, -0.2) is 31.8 Å². The molecule has 3 heterocycles. The summed E-state index contributed by atoms with van der Waals surface area (Å²) in [4.78, 5) is 29.4. The fourth-order valence-electron chi connectivity index (χ4n) is 2.92. The first-order valence-corrected chi connectivity index (χ1v) is 7.02. The van der Waals surface area contributed by atoms with E-state index in [1.54, 1.807) is 17.9 Å². The topological polar surface area (TPSA) is 73.8 Å². The Morgan fingerprint density at radius 1 is 1.35 bits per heavy atom. The summed E-state index contributed by atoms with van der Waals surface area (Å²) in [6, 6.07) is -0.0212. The van der Waals surface area contributed by atoms with Crippen LogP contribution in [0.1, 0.15) is 25.8 Å². The molecule has 1 aliphatic rings. The summed E-state index contributed by atoms with van der Waals surface area (Å²) in [7, 11) is 1.68. The average molecular weight is 277 g/mol. The smallest absolute Gasteiger partial charge is 0.325 e. The Kier molecular flexibility index (Phi) is 3.21. The SMILES string of the molecule is CCn1cnc2c1c(=O)n(C1CCNCC1)c(=O)n2C. The van der Waals surface area contributed by atoms with E-state index in [9.17, 15) is 9.59 Å². The van der Waals surface area contributed by atoms with E-state index in [0.717, 1.165) is 25.9 Å². The van der Waals surface area contributed by atoms with Crippen molar-refractivity contribution in [3.63, 3.8) is 0 Å². The first-order valence-electron chi connectivity index (χ1n) is 7.02. The Balaban J connectivity index is 2.31. The van der Waals surface area contributed by atoms with E-state index in [-0.39, 0.29) is 17.3 Å². The molecule has 2 aromatic rings. The van der Waals surface area contributed by atoms with Gasteiger partial charge >= 0.3 is 5.69 Å². The average Bonchev–Trinajstić information content (AvgIpc) is 2.90. The molecule has 1 saturated heterocycles. The molecule has 1 aliphatic heterocycles. The molecular weight excluding hydrogens is 258 g/mol. The lowest BCUT2D eigenvalue weighted by Gasteiger charge is -2.24. The molecule has 7 nitrogen and oxygen atoms in total. The number of hydrogen-bond donors (Lipinski definition) is 1. The van der Waals surface area contributed by atoms with Gasteiger partial charge in [0.15, 0.2) is 11.2 Å². The molecular formula is C13H19N5O2.